The Balaban J connectivity index is 1.71. The van der Waals surface area contributed by atoms with Crippen molar-refractivity contribution in [2.45, 2.75) is 5.41 Å². The second kappa shape index (κ2) is 6.33. The molecule has 1 spiro atoms. The molecule has 1 aliphatic carbocycles. The molecule has 0 atom stereocenters. The molecule has 1 nitrogen and oxygen atoms in total. The van der Waals surface area contributed by atoms with Crippen molar-refractivity contribution in [2.75, 3.05) is 0 Å². The summed E-state index contributed by atoms with van der Waals surface area (Å²) < 4.78 is 2.40. The van der Waals surface area contributed by atoms with Crippen molar-refractivity contribution in [1.82, 2.24) is 4.57 Å². The fraction of sp³-hybridized carbons (Fsp3) is 0.0323. The standard InChI is InChI=1S/C31H17Cl2N/c32-18-13-14-28-22(15-18)23-16-19(33)17-27-30(23)34(28)29-12-6-5-11-26(29)31(27)24-9-3-1-7-20(24)21-8-2-4-10-25(21)31/h1-17H. The van der Waals surface area contributed by atoms with Gasteiger partial charge in [-0.1, -0.05) is 89.9 Å². The van der Waals surface area contributed by atoms with Crippen LogP contribution in [-0.2, 0) is 5.41 Å². The maximum absolute atomic E-state index is 6.88. The van der Waals surface area contributed by atoms with Gasteiger partial charge in [-0.25, -0.2) is 0 Å². The largest absolute Gasteiger partial charge is 0.309 e. The number of hydrogen-bond acceptors (Lipinski definition) is 0. The van der Waals surface area contributed by atoms with Gasteiger partial charge in [0.25, 0.3) is 0 Å². The summed E-state index contributed by atoms with van der Waals surface area (Å²) in [5.74, 6) is 0. The van der Waals surface area contributed by atoms with Crippen molar-refractivity contribution in [2.24, 2.45) is 0 Å². The van der Waals surface area contributed by atoms with E-state index in [9.17, 15) is 0 Å². The molecule has 0 N–H and O–H groups in total. The predicted octanol–water partition coefficient (Wildman–Crippen LogP) is 8.77. The third kappa shape index (κ3) is 2.05. The van der Waals surface area contributed by atoms with E-state index in [0.29, 0.717) is 0 Å². The molecule has 0 saturated heterocycles. The third-order valence-corrected chi connectivity index (χ3v) is 8.15. The highest BCUT2D eigenvalue weighted by Crippen LogP contribution is 2.61. The SMILES string of the molecule is Clc1ccc2c(c1)c1cc(Cl)cc3c1n2-c1ccccc1C31c2ccccc2-c2ccccc21. The van der Waals surface area contributed by atoms with Crippen LogP contribution in [-0.4, -0.2) is 4.57 Å². The molecule has 8 rings (SSSR count). The van der Waals surface area contributed by atoms with Crippen molar-refractivity contribution in [3.8, 4) is 16.8 Å². The molecule has 0 unspecified atom stereocenters. The van der Waals surface area contributed by atoms with Gasteiger partial charge in [-0.2, -0.15) is 0 Å². The van der Waals surface area contributed by atoms with E-state index in [-0.39, 0.29) is 0 Å². The second-order valence-electron chi connectivity index (χ2n) is 9.20. The molecule has 160 valence electrons. The zero-order chi connectivity index (χ0) is 22.6. The average Bonchev–Trinajstić information content (AvgIpc) is 3.34. The first-order valence-electron chi connectivity index (χ1n) is 11.4. The molecule has 0 bridgehead atoms. The second-order valence-corrected chi connectivity index (χ2v) is 10.1. The van der Waals surface area contributed by atoms with Gasteiger partial charge in [-0.15, -0.1) is 0 Å². The van der Waals surface area contributed by atoms with Crippen molar-refractivity contribution in [1.29, 1.82) is 0 Å². The van der Waals surface area contributed by atoms with E-state index in [0.717, 1.165) is 26.3 Å². The minimum atomic E-state index is -0.443. The number of para-hydroxylation sites is 1. The van der Waals surface area contributed by atoms with E-state index < -0.39 is 5.41 Å². The van der Waals surface area contributed by atoms with Crippen LogP contribution in [0.25, 0.3) is 38.6 Å². The van der Waals surface area contributed by atoms with Crippen LogP contribution < -0.4 is 0 Å². The topological polar surface area (TPSA) is 4.93 Å². The average molecular weight is 474 g/mol. The van der Waals surface area contributed by atoms with Crippen LogP contribution in [0.15, 0.2) is 103 Å². The lowest BCUT2D eigenvalue weighted by molar-refractivity contribution is 0.748. The molecule has 34 heavy (non-hydrogen) atoms. The van der Waals surface area contributed by atoms with E-state index in [1.807, 2.05) is 6.07 Å². The number of rotatable bonds is 0. The first kappa shape index (κ1) is 18.9. The molecule has 0 amide bonds. The predicted molar refractivity (Wildman–Crippen MR) is 142 cm³/mol. The Morgan fingerprint density at radius 3 is 1.88 bits per heavy atom. The Hall–Kier alpha value is -3.52. The van der Waals surface area contributed by atoms with E-state index in [1.165, 1.54) is 44.6 Å². The van der Waals surface area contributed by atoms with Crippen LogP contribution >= 0.6 is 23.2 Å². The van der Waals surface area contributed by atoms with Gasteiger partial charge in [0.05, 0.1) is 22.1 Å². The lowest BCUT2D eigenvalue weighted by Gasteiger charge is -2.39. The normalized spacial score (nSPS) is 14.4. The first-order chi connectivity index (χ1) is 16.7. The Bertz CT molecular complexity index is 1800. The van der Waals surface area contributed by atoms with Crippen LogP contribution in [0.1, 0.15) is 22.3 Å². The summed E-state index contributed by atoms with van der Waals surface area (Å²) in [5, 5.41) is 3.72. The van der Waals surface area contributed by atoms with Crippen LogP contribution in [0.4, 0.5) is 0 Å². The summed E-state index contributed by atoms with van der Waals surface area (Å²) in [6, 6.07) is 36.9. The Labute approximate surface area is 206 Å². The molecule has 0 radical (unpaired) electrons. The van der Waals surface area contributed by atoms with Crippen molar-refractivity contribution in [3.05, 3.63) is 135 Å². The molecule has 1 aromatic heterocycles. The fourth-order valence-corrected chi connectivity index (χ4v) is 6.96. The third-order valence-electron chi connectivity index (χ3n) is 7.69. The summed E-state index contributed by atoms with van der Waals surface area (Å²) >= 11 is 13.4. The van der Waals surface area contributed by atoms with Crippen molar-refractivity contribution >= 4 is 45.0 Å². The van der Waals surface area contributed by atoms with E-state index in [2.05, 4.69) is 102 Å². The molecular formula is C31H17Cl2N. The minimum absolute atomic E-state index is 0.443. The molecule has 5 aromatic carbocycles. The van der Waals surface area contributed by atoms with Gasteiger partial charge in [0.1, 0.15) is 0 Å². The Morgan fingerprint density at radius 1 is 0.529 bits per heavy atom. The summed E-state index contributed by atoms with van der Waals surface area (Å²) in [6.45, 7) is 0. The zero-order valence-corrected chi connectivity index (χ0v) is 19.5. The molecule has 1 aliphatic heterocycles. The van der Waals surface area contributed by atoms with Gasteiger partial charge in [0, 0.05) is 20.8 Å². The number of nitrogens with zero attached hydrogens (tertiary/aromatic N) is 1. The van der Waals surface area contributed by atoms with Gasteiger partial charge in [0.2, 0.25) is 0 Å². The summed E-state index contributed by atoms with van der Waals surface area (Å²) in [4.78, 5) is 0. The number of hydrogen-bond donors (Lipinski definition) is 0. The first-order valence-corrected chi connectivity index (χ1v) is 12.2. The van der Waals surface area contributed by atoms with E-state index >= 15 is 0 Å². The Morgan fingerprint density at radius 2 is 1.15 bits per heavy atom. The van der Waals surface area contributed by atoms with Crippen LogP contribution in [0.2, 0.25) is 10.0 Å². The van der Waals surface area contributed by atoms with Gasteiger partial charge in [-0.05, 0) is 69.8 Å². The van der Waals surface area contributed by atoms with Gasteiger partial charge < -0.3 is 4.57 Å². The quantitative estimate of drug-likeness (QED) is 0.207. The molecule has 0 fully saturated rings. The van der Waals surface area contributed by atoms with E-state index in [4.69, 9.17) is 23.2 Å². The summed E-state index contributed by atoms with van der Waals surface area (Å²) in [5.41, 5.74) is 10.8. The molecule has 2 heterocycles. The highest BCUT2D eigenvalue weighted by atomic mass is 35.5. The number of benzene rings is 5. The maximum atomic E-state index is 6.88. The molecule has 6 aromatic rings. The molecular weight excluding hydrogens is 457 g/mol. The fourth-order valence-electron chi connectivity index (χ4n) is 6.57. The molecule has 2 aliphatic rings. The van der Waals surface area contributed by atoms with Crippen molar-refractivity contribution < 1.29 is 0 Å². The zero-order valence-electron chi connectivity index (χ0n) is 18.0. The highest BCUT2D eigenvalue weighted by molar-refractivity contribution is 6.33. The van der Waals surface area contributed by atoms with Gasteiger partial charge in [0.15, 0.2) is 0 Å². The lowest BCUT2D eigenvalue weighted by Crippen LogP contribution is -2.33. The molecule has 0 saturated carbocycles. The molecule has 3 heteroatoms. The van der Waals surface area contributed by atoms with Crippen molar-refractivity contribution in [3.63, 3.8) is 0 Å². The van der Waals surface area contributed by atoms with Crippen LogP contribution in [0.5, 0.6) is 0 Å². The number of fused-ring (bicyclic) bond motifs is 12. The van der Waals surface area contributed by atoms with Crippen LogP contribution in [0.3, 0.4) is 0 Å². The number of aromatic nitrogens is 1. The minimum Gasteiger partial charge on any atom is -0.309 e. The highest BCUT2D eigenvalue weighted by Gasteiger charge is 2.50. The Kier molecular flexibility index (Phi) is 3.51. The number of halogens is 2. The lowest BCUT2D eigenvalue weighted by atomic mass is 9.65. The van der Waals surface area contributed by atoms with Gasteiger partial charge >= 0.3 is 0 Å². The van der Waals surface area contributed by atoms with Crippen LogP contribution in [0, 0.1) is 0 Å². The summed E-state index contributed by atoms with van der Waals surface area (Å²) in [7, 11) is 0. The van der Waals surface area contributed by atoms with Gasteiger partial charge in [-0.3, -0.25) is 0 Å². The maximum Gasteiger partial charge on any atom is 0.0755 e. The summed E-state index contributed by atoms with van der Waals surface area (Å²) in [6.07, 6.45) is 0. The van der Waals surface area contributed by atoms with E-state index in [1.54, 1.807) is 0 Å². The monoisotopic (exact) mass is 473 g/mol. The smallest absolute Gasteiger partial charge is 0.0755 e.